The second-order valence-corrected chi connectivity index (χ2v) is 5.48. The van der Waals surface area contributed by atoms with Crippen LogP contribution in [0.2, 0.25) is 0 Å². The Labute approximate surface area is 155 Å². The number of hydrogen-bond acceptors (Lipinski definition) is 4. The predicted molar refractivity (Wildman–Crippen MR) is 107 cm³/mol. The van der Waals surface area contributed by atoms with E-state index in [1.54, 1.807) is 13.3 Å². The molecular formula is C15H27IN4OS. The van der Waals surface area contributed by atoms with Gasteiger partial charge in [-0.05, 0) is 37.8 Å². The van der Waals surface area contributed by atoms with Crippen LogP contribution in [0, 0.1) is 0 Å². The summed E-state index contributed by atoms with van der Waals surface area (Å²) in [5.74, 6) is 2.69. The molecule has 0 fully saturated rings. The predicted octanol–water partition coefficient (Wildman–Crippen LogP) is 2.91. The number of halogens is 1. The number of unbranched alkanes of at least 4 members (excludes halogenated alkanes) is 1. The molecule has 0 aliphatic rings. The van der Waals surface area contributed by atoms with Crippen LogP contribution in [0.1, 0.15) is 25.3 Å². The monoisotopic (exact) mass is 438 g/mol. The van der Waals surface area contributed by atoms with Crippen molar-refractivity contribution in [3.63, 3.8) is 0 Å². The Balaban J connectivity index is 0.00000441. The van der Waals surface area contributed by atoms with E-state index in [1.165, 1.54) is 12.2 Å². The maximum atomic E-state index is 5.24. The van der Waals surface area contributed by atoms with Gasteiger partial charge >= 0.3 is 0 Å². The first-order valence-corrected chi connectivity index (χ1v) is 8.70. The van der Waals surface area contributed by atoms with Crippen molar-refractivity contribution in [1.29, 1.82) is 0 Å². The molecule has 5 nitrogen and oxygen atoms in total. The number of nitrogens with zero attached hydrogens (tertiary/aromatic N) is 2. The molecule has 2 N–H and O–H groups in total. The number of thioether (sulfide) groups is 1. The number of aliphatic imine (C=N–C) groups is 1. The van der Waals surface area contributed by atoms with Gasteiger partial charge in [-0.15, -0.1) is 24.0 Å². The topological polar surface area (TPSA) is 58.5 Å². The first-order chi connectivity index (χ1) is 10.3. The maximum absolute atomic E-state index is 5.24. The van der Waals surface area contributed by atoms with Crippen molar-refractivity contribution in [2.24, 2.45) is 4.99 Å². The molecule has 0 aromatic carbocycles. The summed E-state index contributed by atoms with van der Waals surface area (Å²) in [6, 6.07) is 3.88. The zero-order chi connectivity index (χ0) is 15.3. The number of rotatable bonds is 9. The molecule has 0 saturated carbocycles. The summed E-state index contributed by atoms with van der Waals surface area (Å²) in [5, 5.41) is 6.61. The van der Waals surface area contributed by atoms with E-state index in [9.17, 15) is 0 Å². The first-order valence-electron chi connectivity index (χ1n) is 7.30. The SMILES string of the molecule is CCNC(=NCc1cccnc1OC)NCCCCSC.I. The van der Waals surface area contributed by atoms with E-state index in [-0.39, 0.29) is 24.0 Å². The van der Waals surface area contributed by atoms with Crippen LogP contribution in [0.5, 0.6) is 5.88 Å². The molecule has 1 aromatic heterocycles. The minimum absolute atomic E-state index is 0. The van der Waals surface area contributed by atoms with E-state index in [2.05, 4.69) is 33.8 Å². The minimum atomic E-state index is 0. The Morgan fingerprint density at radius 1 is 1.36 bits per heavy atom. The van der Waals surface area contributed by atoms with E-state index in [1.807, 2.05) is 23.9 Å². The number of guanidine groups is 1. The molecule has 0 bridgehead atoms. The molecule has 1 aromatic rings. The fourth-order valence-corrected chi connectivity index (χ4v) is 2.31. The Morgan fingerprint density at radius 2 is 2.18 bits per heavy atom. The molecule has 1 heterocycles. The van der Waals surface area contributed by atoms with Crippen molar-refractivity contribution in [3.8, 4) is 5.88 Å². The van der Waals surface area contributed by atoms with Crippen LogP contribution in [0.15, 0.2) is 23.3 Å². The highest BCUT2D eigenvalue weighted by atomic mass is 127. The van der Waals surface area contributed by atoms with Gasteiger partial charge in [-0.3, -0.25) is 0 Å². The quantitative estimate of drug-likeness (QED) is 0.269. The van der Waals surface area contributed by atoms with Crippen LogP contribution in [0.4, 0.5) is 0 Å². The molecule has 0 saturated heterocycles. The van der Waals surface area contributed by atoms with Gasteiger partial charge in [0.2, 0.25) is 5.88 Å². The first kappa shape index (κ1) is 21.3. The van der Waals surface area contributed by atoms with E-state index < -0.39 is 0 Å². The van der Waals surface area contributed by atoms with E-state index in [4.69, 9.17) is 4.74 Å². The zero-order valence-electron chi connectivity index (χ0n) is 13.6. The molecule has 0 spiro atoms. The van der Waals surface area contributed by atoms with Crippen LogP contribution in [0.3, 0.4) is 0 Å². The summed E-state index contributed by atoms with van der Waals surface area (Å²) in [6.07, 6.45) is 6.24. The Kier molecular flexibility index (Phi) is 13.5. The molecule has 0 aliphatic heterocycles. The van der Waals surface area contributed by atoms with Gasteiger partial charge in [0.15, 0.2) is 5.96 Å². The summed E-state index contributed by atoms with van der Waals surface area (Å²) in [6.45, 7) is 4.41. The normalized spacial score (nSPS) is 10.8. The third-order valence-corrected chi connectivity index (χ3v) is 3.56. The summed E-state index contributed by atoms with van der Waals surface area (Å²) < 4.78 is 5.24. The van der Waals surface area contributed by atoms with E-state index in [0.29, 0.717) is 12.4 Å². The van der Waals surface area contributed by atoms with Crippen LogP contribution >= 0.6 is 35.7 Å². The summed E-state index contributed by atoms with van der Waals surface area (Å²) in [7, 11) is 1.63. The van der Waals surface area contributed by atoms with Crippen molar-refractivity contribution < 1.29 is 4.74 Å². The highest BCUT2D eigenvalue weighted by Gasteiger charge is 2.03. The summed E-state index contributed by atoms with van der Waals surface area (Å²) in [5.41, 5.74) is 0.986. The van der Waals surface area contributed by atoms with Crippen LogP contribution in [0.25, 0.3) is 0 Å². The van der Waals surface area contributed by atoms with Gasteiger partial charge in [0.05, 0.1) is 13.7 Å². The lowest BCUT2D eigenvalue weighted by molar-refractivity contribution is 0.392. The van der Waals surface area contributed by atoms with Crippen molar-refractivity contribution in [2.75, 3.05) is 32.2 Å². The maximum Gasteiger partial charge on any atom is 0.218 e. The van der Waals surface area contributed by atoms with Gasteiger partial charge < -0.3 is 15.4 Å². The standard InChI is InChI=1S/C15H26N4OS.HI/c1-4-16-15(18-9-5-6-11-21-3)19-12-13-8-7-10-17-14(13)20-2;/h7-8,10H,4-6,9,11-12H2,1-3H3,(H2,16,18,19);1H. The second kappa shape index (κ2) is 13.9. The van der Waals surface area contributed by atoms with Crippen molar-refractivity contribution in [2.45, 2.75) is 26.3 Å². The number of pyridine rings is 1. The zero-order valence-corrected chi connectivity index (χ0v) is 16.7. The molecule has 0 aliphatic carbocycles. The van der Waals surface area contributed by atoms with Crippen molar-refractivity contribution in [3.05, 3.63) is 23.9 Å². The molecule has 1 rings (SSSR count). The fourth-order valence-electron chi connectivity index (χ4n) is 1.81. The molecular weight excluding hydrogens is 411 g/mol. The number of ether oxygens (including phenoxy) is 1. The minimum Gasteiger partial charge on any atom is -0.481 e. The summed E-state index contributed by atoms with van der Waals surface area (Å²) in [4.78, 5) is 8.76. The molecule has 7 heteroatoms. The summed E-state index contributed by atoms with van der Waals surface area (Å²) >= 11 is 1.89. The van der Waals surface area contributed by atoms with Crippen LogP contribution in [-0.2, 0) is 6.54 Å². The van der Waals surface area contributed by atoms with Gasteiger partial charge in [0.1, 0.15) is 0 Å². The lowest BCUT2D eigenvalue weighted by atomic mass is 10.3. The molecule has 0 unspecified atom stereocenters. The lowest BCUT2D eigenvalue weighted by Gasteiger charge is -2.11. The van der Waals surface area contributed by atoms with E-state index >= 15 is 0 Å². The third kappa shape index (κ3) is 8.67. The van der Waals surface area contributed by atoms with Gasteiger partial charge in [0, 0.05) is 24.8 Å². The Hall–Kier alpha value is -0.700. The molecule has 0 amide bonds. The van der Waals surface area contributed by atoms with Gasteiger partial charge in [-0.1, -0.05) is 6.07 Å². The van der Waals surface area contributed by atoms with Gasteiger partial charge in [0.25, 0.3) is 0 Å². The molecule has 126 valence electrons. The van der Waals surface area contributed by atoms with E-state index in [0.717, 1.165) is 31.0 Å². The lowest BCUT2D eigenvalue weighted by Crippen LogP contribution is -2.37. The number of nitrogens with one attached hydrogen (secondary N) is 2. The molecule has 0 radical (unpaired) electrons. The number of aromatic nitrogens is 1. The second-order valence-electron chi connectivity index (χ2n) is 4.49. The number of hydrogen-bond donors (Lipinski definition) is 2. The molecule has 22 heavy (non-hydrogen) atoms. The van der Waals surface area contributed by atoms with Gasteiger partial charge in [-0.2, -0.15) is 11.8 Å². The highest BCUT2D eigenvalue weighted by Crippen LogP contribution is 2.14. The third-order valence-electron chi connectivity index (χ3n) is 2.86. The average molecular weight is 438 g/mol. The largest absolute Gasteiger partial charge is 0.481 e. The number of methoxy groups -OCH3 is 1. The van der Waals surface area contributed by atoms with Crippen LogP contribution < -0.4 is 15.4 Å². The molecule has 0 atom stereocenters. The smallest absolute Gasteiger partial charge is 0.218 e. The van der Waals surface area contributed by atoms with Crippen LogP contribution in [-0.4, -0.2) is 43.2 Å². The Morgan fingerprint density at radius 3 is 2.86 bits per heavy atom. The highest BCUT2D eigenvalue weighted by molar-refractivity contribution is 14.0. The van der Waals surface area contributed by atoms with Crippen molar-refractivity contribution >= 4 is 41.7 Å². The average Bonchev–Trinajstić information content (AvgIpc) is 2.52. The van der Waals surface area contributed by atoms with Crippen molar-refractivity contribution in [1.82, 2.24) is 15.6 Å². The fraction of sp³-hybridized carbons (Fsp3) is 0.600. The Bertz CT molecular complexity index is 432. The van der Waals surface area contributed by atoms with Gasteiger partial charge in [-0.25, -0.2) is 9.98 Å².